The number of hydrogen-bond donors (Lipinski definition) is 2. The summed E-state index contributed by atoms with van der Waals surface area (Å²) < 4.78 is 52.3. The lowest BCUT2D eigenvalue weighted by Crippen LogP contribution is -2.44. The molecule has 11 nitrogen and oxygen atoms in total. The van der Waals surface area contributed by atoms with Crippen LogP contribution in [0, 0.1) is 0 Å². The molecule has 31 heavy (non-hydrogen) atoms. The predicted molar refractivity (Wildman–Crippen MR) is 111 cm³/mol. The van der Waals surface area contributed by atoms with Crippen molar-refractivity contribution in [2.24, 2.45) is 0 Å². The zero-order chi connectivity index (χ0) is 22.2. The third-order valence-electron chi connectivity index (χ3n) is 5.30. The van der Waals surface area contributed by atoms with Gasteiger partial charge < -0.3 is 15.8 Å². The van der Waals surface area contributed by atoms with E-state index in [9.17, 15) is 4.57 Å². The van der Waals surface area contributed by atoms with Gasteiger partial charge in [0, 0.05) is 6.54 Å². The standard InChI is InChI=1S/C18H28FN6O5P/c1-4-6-8-27-31(26)28-9-11-13(30-31)18(3,19)16(29-11)25-10-22-12-14(21-7-5-2)23-17(20)24-15(12)25/h10-11,13,16H,4-9H2,1-3H3,(H3,20,21,23,24)/t11-,13-,16-,18-,31?/m1/s1. The second kappa shape index (κ2) is 8.59. The summed E-state index contributed by atoms with van der Waals surface area (Å²) in [6, 6.07) is 0. The molecule has 2 aromatic heterocycles. The van der Waals surface area contributed by atoms with Crippen molar-refractivity contribution in [3.8, 4) is 0 Å². The minimum Gasteiger partial charge on any atom is -0.368 e. The molecule has 2 fully saturated rings. The number of anilines is 2. The van der Waals surface area contributed by atoms with Gasteiger partial charge in [-0.25, -0.2) is 13.9 Å². The first-order valence-electron chi connectivity index (χ1n) is 10.4. The molecular weight excluding hydrogens is 430 g/mol. The van der Waals surface area contributed by atoms with Crippen LogP contribution in [0.25, 0.3) is 11.2 Å². The van der Waals surface area contributed by atoms with Crippen molar-refractivity contribution in [1.82, 2.24) is 19.5 Å². The van der Waals surface area contributed by atoms with Crippen molar-refractivity contribution in [3.05, 3.63) is 6.33 Å². The van der Waals surface area contributed by atoms with Crippen LogP contribution in [0.5, 0.6) is 0 Å². The Balaban J connectivity index is 1.62. The Bertz CT molecular complexity index is 988. The summed E-state index contributed by atoms with van der Waals surface area (Å²) in [5, 5.41) is 3.15. The molecule has 3 N–H and O–H groups in total. The van der Waals surface area contributed by atoms with Crippen molar-refractivity contribution in [3.63, 3.8) is 0 Å². The summed E-state index contributed by atoms with van der Waals surface area (Å²) in [6.07, 6.45) is 0.778. The molecule has 2 aromatic rings. The molecule has 0 saturated carbocycles. The molecule has 2 aliphatic heterocycles. The van der Waals surface area contributed by atoms with E-state index >= 15 is 4.39 Å². The van der Waals surface area contributed by atoms with Gasteiger partial charge in [0.25, 0.3) is 0 Å². The van der Waals surface area contributed by atoms with Crippen LogP contribution in [0.15, 0.2) is 6.33 Å². The van der Waals surface area contributed by atoms with Gasteiger partial charge in [-0.2, -0.15) is 9.97 Å². The summed E-state index contributed by atoms with van der Waals surface area (Å²) in [5.74, 6) is 0.490. The number of unbranched alkanes of at least 4 members (excludes halogenated alkanes) is 1. The van der Waals surface area contributed by atoms with Gasteiger partial charge in [0.05, 0.1) is 19.5 Å². The van der Waals surface area contributed by atoms with Crippen molar-refractivity contribution in [1.29, 1.82) is 0 Å². The van der Waals surface area contributed by atoms with E-state index in [1.54, 1.807) is 0 Å². The van der Waals surface area contributed by atoms with E-state index in [1.165, 1.54) is 17.8 Å². The Morgan fingerprint density at radius 3 is 2.97 bits per heavy atom. The van der Waals surface area contributed by atoms with E-state index in [4.69, 9.17) is 24.0 Å². The number of alkyl halides is 1. The molecule has 1 unspecified atom stereocenters. The number of ether oxygens (including phenoxy) is 1. The van der Waals surface area contributed by atoms with E-state index < -0.39 is 31.9 Å². The van der Waals surface area contributed by atoms with Gasteiger partial charge in [-0.05, 0) is 19.8 Å². The molecule has 172 valence electrons. The molecular formula is C18H28FN6O5P. The van der Waals surface area contributed by atoms with Crippen LogP contribution in [0.4, 0.5) is 16.2 Å². The SMILES string of the molecule is CCCCOP1(=O)OC[C@H]2O[C@@H](n3cnc4c(NCCC)nc(N)nc43)[C@](C)(F)[C@@H]2O1. The maximum Gasteiger partial charge on any atom is 0.475 e. The fourth-order valence-corrected chi connectivity index (χ4v) is 5.20. The molecule has 4 heterocycles. The second-order valence-corrected chi connectivity index (χ2v) is 9.44. The Kier molecular flexibility index (Phi) is 6.19. The summed E-state index contributed by atoms with van der Waals surface area (Å²) in [5.41, 5.74) is 4.57. The van der Waals surface area contributed by atoms with Crippen LogP contribution in [0.3, 0.4) is 0 Å². The summed E-state index contributed by atoms with van der Waals surface area (Å²) in [7, 11) is -3.87. The monoisotopic (exact) mass is 458 g/mol. The molecule has 5 atom stereocenters. The maximum absolute atomic E-state index is 16.0. The summed E-state index contributed by atoms with van der Waals surface area (Å²) in [4.78, 5) is 12.8. The Labute approximate surface area is 179 Å². The van der Waals surface area contributed by atoms with Gasteiger partial charge in [0.2, 0.25) is 5.95 Å². The third kappa shape index (κ3) is 4.14. The molecule has 0 spiro atoms. The lowest BCUT2D eigenvalue weighted by atomic mass is 9.98. The summed E-state index contributed by atoms with van der Waals surface area (Å²) >= 11 is 0. The van der Waals surface area contributed by atoms with E-state index in [-0.39, 0.29) is 19.2 Å². The second-order valence-electron chi connectivity index (χ2n) is 7.82. The van der Waals surface area contributed by atoms with Crippen LogP contribution < -0.4 is 11.1 Å². The zero-order valence-electron chi connectivity index (χ0n) is 17.8. The lowest BCUT2D eigenvalue weighted by molar-refractivity contribution is -0.0707. The maximum atomic E-state index is 16.0. The van der Waals surface area contributed by atoms with Gasteiger partial charge in [-0.3, -0.25) is 18.1 Å². The molecule has 0 aromatic carbocycles. The lowest BCUT2D eigenvalue weighted by Gasteiger charge is -2.33. The van der Waals surface area contributed by atoms with E-state index in [1.807, 2.05) is 13.8 Å². The largest absolute Gasteiger partial charge is 0.475 e. The number of nitrogens with one attached hydrogen (secondary N) is 1. The number of aromatic nitrogens is 4. The van der Waals surface area contributed by atoms with Gasteiger partial charge in [0.15, 0.2) is 28.9 Å². The van der Waals surface area contributed by atoms with Gasteiger partial charge in [0.1, 0.15) is 12.2 Å². The van der Waals surface area contributed by atoms with Crippen LogP contribution in [-0.4, -0.2) is 57.2 Å². The Morgan fingerprint density at radius 1 is 1.42 bits per heavy atom. The fraction of sp³-hybridized carbons (Fsp3) is 0.722. The minimum absolute atomic E-state index is 0.0252. The van der Waals surface area contributed by atoms with Gasteiger partial charge in [-0.15, -0.1) is 0 Å². The minimum atomic E-state index is -3.87. The van der Waals surface area contributed by atoms with E-state index in [0.717, 1.165) is 12.8 Å². The molecule has 0 amide bonds. The fourth-order valence-electron chi connectivity index (χ4n) is 3.70. The number of rotatable bonds is 8. The van der Waals surface area contributed by atoms with Crippen molar-refractivity contribution < 1.29 is 27.3 Å². The highest BCUT2D eigenvalue weighted by molar-refractivity contribution is 7.48. The van der Waals surface area contributed by atoms with Gasteiger partial charge in [-0.1, -0.05) is 20.3 Å². The number of halogens is 1. The normalized spacial score (nSPS) is 33.0. The third-order valence-corrected chi connectivity index (χ3v) is 6.75. The molecule has 0 bridgehead atoms. The molecule has 0 radical (unpaired) electrons. The van der Waals surface area contributed by atoms with E-state index in [0.29, 0.717) is 29.9 Å². The highest BCUT2D eigenvalue weighted by Gasteiger charge is 2.61. The molecule has 2 aliphatic rings. The average molecular weight is 458 g/mol. The highest BCUT2D eigenvalue weighted by Crippen LogP contribution is 2.59. The zero-order valence-corrected chi connectivity index (χ0v) is 18.7. The number of phosphoric ester groups is 1. The van der Waals surface area contributed by atoms with E-state index in [2.05, 4.69) is 20.3 Å². The number of phosphoric acid groups is 1. The highest BCUT2D eigenvalue weighted by atomic mass is 31.2. The van der Waals surface area contributed by atoms with Crippen molar-refractivity contribution in [2.75, 3.05) is 30.8 Å². The first kappa shape index (κ1) is 22.3. The Morgan fingerprint density at radius 2 is 2.23 bits per heavy atom. The quantitative estimate of drug-likeness (QED) is 0.448. The van der Waals surface area contributed by atoms with Crippen LogP contribution in [0.1, 0.15) is 46.3 Å². The summed E-state index contributed by atoms with van der Waals surface area (Å²) in [6.45, 7) is 6.08. The predicted octanol–water partition coefficient (Wildman–Crippen LogP) is 3.20. The number of fused-ring (bicyclic) bond motifs is 2. The topological polar surface area (TPSA) is 136 Å². The number of nitrogen functional groups attached to an aromatic ring is 1. The van der Waals surface area contributed by atoms with Crippen molar-refractivity contribution >= 4 is 30.8 Å². The average Bonchev–Trinajstić information content (AvgIpc) is 3.24. The first-order valence-corrected chi connectivity index (χ1v) is 11.9. The Hall–Kier alpha value is -1.85. The number of hydrogen-bond acceptors (Lipinski definition) is 10. The van der Waals surface area contributed by atoms with Crippen LogP contribution >= 0.6 is 7.82 Å². The molecule has 13 heteroatoms. The molecule has 2 saturated heterocycles. The number of nitrogens with zero attached hydrogens (tertiary/aromatic N) is 4. The molecule has 4 rings (SSSR count). The van der Waals surface area contributed by atoms with Crippen LogP contribution in [0.2, 0.25) is 0 Å². The van der Waals surface area contributed by atoms with Crippen molar-refractivity contribution in [2.45, 2.75) is 64.1 Å². The number of imidazole rings is 1. The first-order chi connectivity index (χ1) is 14.8. The number of nitrogens with two attached hydrogens (primary N) is 1. The van der Waals surface area contributed by atoms with Gasteiger partial charge >= 0.3 is 7.82 Å². The smallest absolute Gasteiger partial charge is 0.368 e. The molecule has 0 aliphatic carbocycles. The van der Waals surface area contributed by atoms with Crippen LogP contribution in [-0.2, 0) is 22.9 Å².